The number of piperidine rings is 1. The van der Waals surface area contributed by atoms with E-state index in [9.17, 15) is 9.59 Å². The minimum absolute atomic E-state index is 0.0763. The molecule has 8 nitrogen and oxygen atoms in total. The Morgan fingerprint density at radius 3 is 2.75 bits per heavy atom. The highest BCUT2D eigenvalue weighted by Gasteiger charge is 2.47. The van der Waals surface area contributed by atoms with Crippen molar-refractivity contribution in [3.63, 3.8) is 0 Å². The molecule has 2 fully saturated rings. The molecule has 0 N–H and O–H groups in total. The Kier molecular flexibility index (Phi) is 4.03. The van der Waals surface area contributed by atoms with Crippen LogP contribution < -0.4 is 4.90 Å². The van der Waals surface area contributed by atoms with Crippen LogP contribution >= 0.6 is 0 Å². The molecule has 1 saturated heterocycles. The van der Waals surface area contributed by atoms with Gasteiger partial charge in [0.2, 0.25) is 11.8 Å². The molecule has 28 heavy (non-hydrogen) atoms. The van der Waals surface area contributed by atoms with Gasteiger partial charge < -0.3 is 9.42 Å². The second kappa shape index (κ2) is 6.46. The smallest absolute Gasteiger partial charge is 0.230 e. The van der Waals surface area contributed by atoms with Gasteiger partial charge in [0.25, 0.3) is 0 Å². The maximum atomic E-state index is 13.1. The van der Waals surface area contributed by atoms with E-state index < -0.39 is 0 Å². The molecule has 4 heterocycles. The highest BCUT2D eigenvalue weighted by atomic mass is 16.5. The summed E-state index contributed by atoms with van der Waals surface area (Å²) < 4.78 is 7.15. The summed E-state index contributed by atoms with van der Waals surface area (Å²) >= 11 is 0. The summed E-state index contributed by atoms with van der Waals surface area (Å²) in [6.45, 7) is 3.62. The van der Waals surface area contributed by atoms with E-state index in [0.29, 0.717) is 32.0 Å². The van der Waals surface area contributed by atoms with Crippen LogP contribution in [0.3, 0.4) is 0 Å². The lowest BCUT2D eigenvalue weighted by Crippen LogP contribution is -2.55. The van der Waals surface area contributed by atoms with E-state index >= 15 is 0 Å². The Morgan fingerprint density at radius 2 is 2.11 bits per heavy atom. The van der Waals surface area contributed by atoms with Crippen molar-refractivity contribution >= 4 is 17.6 Å². The zero-order valence-electron chi connectivity index (χ0n) is 16.1. The number of amides is 2. The van der Waals surface area contributed by atoms with Gasteiger partial charge in [0.05, 0.1) is 24.7 Å². The molecule has 1 aliphatic carbocycles. The molecule has 2 aromatic rings. The van der Waals surface area contributed by atoms with Gasteiger partial charge in [-0.1, -0.05) is 11.6 Å². The Labute approximate surface area is 163 Å². The fraction of sp³-hybridized carbons (Fsp3) is 0.600. The molecule has 1 spiro atoms. The van der Waals surface area contributed by atoms with E-state index in [4.69, 9.17) is 4.52 Å². The van der Waals surface area contributed by atoms with Gasteiger partial charge in [0, 0.05) is 31.1 Å². The summed E-state index contributed by atoms with van der Waals surface area (Å²) in [6.07, 6.45) is 6.91. The van der Waals surface area contributed by atoms with Gasteiger partial charge in [0.15, 0.2) is 0 Å². The number of likely N-dealkylation sites (tertiary alicyclic amines) is 1. The largest absolute Gasteiger partial charge is 0.361 e. The standard InChI is InChI=1S/C20H25N5O3/c1-14-11-16(22-28-14)13-24-17-5-8-21-25(17)20(12-18(24)26)6-9-23(10-7-20)19(27)15-3-2-4-15/h5,8,11,15H,2-4,6-7,9-10,12-13H2,1H3. The van der Waals surface area contributed by atoms with Crippen LogP contribution in [0.2, 0.25) is 0 Å². The second-order valence-electron chi connectivity index (χ2n) is 8.36. The maximum absolute atomic E-state index is 13.1. The summed E-state index contributed by atoms with van der Waals surface area (Å²) in [7, 11) is 0. The van der Waals surface area contributed by atoms with Crippen LogP contribution in [0.15, 0.2) is 22.9 Å². The number of hydrogen-bond acceptors (Lipinski definition) is 5. The fourth-order valence-corrected chi connectivity index (χ4v) is 4.71. The predicted octanol–water partition coefficient (Wildman–Crippen LogP) is 2.23. The molecular formula is C20H25N5O3. The third-order valence-corrected chi connectivity index (χ3v) is 6.59. The van der Waals surface area contributed by atoms with Crippen LogP contribution in [0.25, 0.3) is 0 Å². The molecular weight excluding hydrogens is 358 g/mol. The maximum Gasteiger partial charge on any atom is 0.230 e. The average Bonchev–Trinajstić information content (AvgIpc) is 3.27. The van der Waals surface area contributed by atoms with E-state index in [-0.39, 0.29) is 17.4 Å². The number of anilines is 1. The molecule has 148 valence electrons. The van der Waals surface area contributed by atoms with Crippen molar-refractivity contribution < 1.29 is 14.1 Å². The number of nitrogens with zero attached hydrogens (tertiary/aromatic N) is 5. The first-order valence-corrected chi connectivity index (χ1v) is 10.1. The third-order valence-electron chi connectivity index (χ3n) is 6.59. The number of hydrogen-bond donors (Lipinski definition) is 0. The summed E-state index contributed by atoms with van der Waals surface area (Å²) in [5.41, 5.74) is 0.401. The van der Waals surface area contributed by atoms with Gasteiger partial charge in [-0.05, 0) is 32.6 Å². The number of aryl methyl sites for hydroxylation is 1. The van der Waals surface area contributed by atoms with E-state index in [0.717, 1.165) is 43.0 Å². The fourth-order valence-electron chi connectivity index (χ4n) is 4.71. The normalized spacial score (nSPS) is 21.7. The second-order valence-corrected chi connectivity index (χ2v) is 8.36. The SMILES string of the molecule is Cc1cc(CN2C(=O)CC3(CCN(C(=O)C4CCC4)CC3)n3nccc32)no1. The van der Waals surface area contributed by atoms with Crippen molar-refractivity contribution in [3.8, 4) is 0 Å². The van der Waals surface area contributed by atoms with Crippen molar-refractivity contribution in [2.24, 2.45) is 5.92 Å². The minimum atomic E-state index is -0.331. The van der Waals surface area contributed by atoms with Gasteiger partial charge in [0.1, 0.15) is 17.3 Å². The zero-order chi connectivity index (χ0) is 19.3. The lowest BCUT2D eigenvalue weighted by Gasteiger charge is -2.47. The minimum Gasteiger partial charge on any atom is -0.361 e. The Balaban J connectivity index is 1.36. The van der Waals surface area contributed by atoms with E-state index in [1.807, 2.05) is 28.6 Å². The van der Waals surface area contributed by atoms with Crippen molar-refractivity contribution in [3.05, 3.63) is 29.8 Å². The van der Waals surface area contributed by atoms with Crippen molar-refractivity contribution in [2.45, 2.75) is 57.5 Å². The first kappa shape index (κ1) is 17.5. The summed E-state index contributed by atoms with van der Waals surface area (Å²) in [4.78, 5) is 29.4. The van der Waals surface area contributed by atoms with E-state index in [1.165, 1.54) is 6.42 Å². The Bertz CT molecular complexity index is 905. The van der Waals surface area contributed by atoms with Crippen LogP contribution in [0.4, 0.5) is 5.82 Å². The first-order chi connectivity index (χ1) is 13.6. The van der Waals surface area contributed by atoms with Gasteiger partial charge >= 0.3 is 0 Å². The number of carbonyl (C=O) groups is 2. The van der Waals surface area contributed by atoms with Crippen molar-refractivity contribution in [2.75, 3.05) is 18.0 Å². The molecule has 0 bridgehead atoms. The molecule has 3 aliphatic rings. The molecule has 2 aliphatic heterocycles. The monoisotopic (exact) mass is 383 g/mol. The number of aromatic nitrogens is 3. The van der Waals surface area contributed by atoms with Crippen LogP contribution in [-0.2, 0) is 21.7 Å². The molecule has 5 rings (SSSR count). The highest BCUT2D eigenvalue weighted by molar-refractivity contribution is 5.94. The number of rotatable bonds is 3. The molecule has 2 amide bonds. The molecule has 0 aromatic carbocycles. The van der Waals surface area contributed by atoms with Crippen molar-refractivity contribution in [1.29, 1.82) is 0 Å². The number of carbonyl (C=O) groups excluding carboxylic acids is 2. The predicted molar refractivity (Wildman–Crippen MR) is 100 cm³/mol. The van der Waals surface area contributed by atoms with Crippen molar-refractivity contribution in [1.82, 2.24) is 19.8 Å². The van der Waals surface area contributed by atoms with E-state index in [2.05, 4.69) is 10.3 Å². The average molecular weight is 383 g/mol. The lowest BCUT2D eigenvalue weighted by molar-refractivity contribution is -0.140. The van der Waals surface area contributed by atoms with Gasteiger partial charge in [-0.25, -0.2) is 4.68 Å². The van der Waals surface area contributed by atoms with Gasteiger partial charge in [-0.2, -0.15) is 5.10 Å². The highest BCUT2D eigenvalue weighted by Crippen LogP contribution is 2.42. The first-order valence-electron chi connectivity index (χ1n) is 10.1. The molecule has 0 atom stereocenters. The molecule has 1 saturated carbocycles. The quantitative estimate of drug-likeness (QED) is 0.811. The lowest BCUT2D eigenvalue weighted by atomic mass is 9.80. The summed E-state index contributed by atoms with van der Waals surface area (Å²) in [6, 6.07) is 3.74. The molecule has 0 unspecified atom stereocenters. The van der Waals surface area contributed by atoms with Gasteiger partial charge in [-0.3, -0.25) is 14.5 Å². The van der Waals surface area contributed by atoms with Gasteiger partial charge in [-0.15, -0.1) is 0 Å². The molecule has 2 aromatic heterocycles. The summed E-state index contributed by atoms with van der Waals surface area (Å²) in [5, 5.41) is 8.60. The molecule has 8 heteroatoms. The topological polar surface area (TPSA) is 84.5 Å². The Hall–Kier alpha value is -2.64. The Morgan fingerprint density at radius 1 is 1.32 bits per heavy atom. The molecule has 0 radical (unpaired) electrons. The van der Waals surface area contributed by atoms with Crippen LogP contribution in [0, 0.1) is 12.8 Å². The number of fused-ring (bicyclic) bond motifs is 2. The van der Waals surface area contributed by atoms with E-state index in [1.54, 1.807) is 11.1 Å². The van der Waals surface area contributed by atoms with Crippen LogP contribution in [0.1, 0.15) is 50.0 Å². The summed E-state index contributed by atoms with van der Waals surface area (Å²) in [5.74, 6) is 2.13. The zero-order valence-corrected chi connectivity index (χ0v) is 16.1. The van der Waals surface area contributed by atoms with Crippen LogP contribution in [-0.4, -0.2) is 44.7 Å². The third kappa shape index (κ3) is 2.73. The van der Waals surface area contributed by atoms with Crippen LogP contribution in [0.5, 0.6) is 0 Å².